The molecule has 0 fully saturated rings. The number of carbonyl (C=O) groups is 1. The lowest BCUT2D eigenvalue weighted by molar-refractivity contribution is -0.117. The van der Waals surface area contributed by atoms with Crippen LogP contribution < -0.4 is 10.6 Å². The highest BCUT2D eigenvalue weighted by Gasteiger charge is 2.03. The number of phenolic OH excluding ortho intramolecular Hbond substituents is 1. The number of nitrogens with one attached hydrogen (secondary N) is 2. The second-order valence-electron chi connectivity index (χ2n) is 3.16. The van der Waals surface area contributed by atoms with E-state index in [2.05, 4.69) is 10.6 Å². The summed E-state index contributed by atoms with van der Waals surface area (Å²) in [6.45, 7) is 3.23. The molecule has 0 aliphatic heterocycles. The number of phenols is 1. The van der Waals surface area contributed by atoms with E-state index in [-0.39, 0.29) is 16.8 Å². The molecule has 1 aromatic rings. The number of aromatic hydroxyl groups is 1. The maximum absolute atomic E-state index is 10.7. The van der Waals surface area contributed by atoms with Crippen LogP contribution in [0.5, 0.6) is 5.75 Å². The first-order valence-corrected chi connectivity index (χ1v) is 4.78. The number of carbonyl (C=O) groups excluding carboxylic acids is 1. The molecule has 0 bridgehead atoms. The molecule has 1 aromatic carbocycles. The minimum absolute atomic E-state index is 0.0997. The van der Waals surface area contributed by atoms with Crippen molar-refractivity contribution in [1.29, 1.82) is 0 Å². The van der Waals surface area contributed by atoms with Gasteiger partial charge in [0.25, 0.3) is 0 Å². The van der Waals surface area contributed by atoms with E-state index < -0.39 is 0 Å². The smallest absolute Gasteiger partial charge is 0.222 e. The van der Waals surface area contributed by atoms with Crippen molar-refractivity contribution in [3.05, 3.63) is 23.8 Å². The fraction of sp³-hybridized carbons (Fsp3) is 0.200. The van der Waals surface area contributed by atoms with Gasteiger partial charge in [-0.3, -0.25) is 4.79 Å². The van der Waals surface area contributed by atoms with Gasteiger partial charge in [0.1, 0.15) is 5.75 Å². The molecule has 5 heteroatoms. The molecule has 15 heavy (non-hydrogen) atoms. The highest BCUT2D eigenvalue weighted by molar-refractivity contribution is 7.80. The molecule has 1 amide bonds. The monoisotopic (exact) mass is 224 g/mol. The standard InChI is InChI=1S/C10H12N2O2S/c1-6-3-4-8(9(14)5-6)12-10(15)11-7(2)13/h3-5,14H,1-2H3,(H2,11,12,13,15). The summed E-state index contributed by atoms with van der Waals surface area (Å²) >= 11 is 4.85. The fourth-order valence-electron chi connectivity index (χ4n) is 1.06. The van der Waals surface area contributed by atoms with E-state index in [0.717, 1.165) is 5.56 Å². The Morgan fingerprint density at radius 1 is 1.47 bits per heavy atom. The lowest BCUT2D eigenvalue weighted by Gasteiger charge is -2.09. The van der Waals surface area contributed by atoms with Crippen LogP contribution in [0.2, 0.25) is 0 Å². The van der Waals surface area contributed by atoms with Crippen LogP contribution in [0.4, 0.5) is 5.69 Å². The van der Waals surface area contributed by atoms with Gasteiger partial charge in [-0.05, 0) is 36.8 Å². The van der Waals surface area contributed by atoms with E-state index in [0.29, 0.717) is 5.69 Å². The Labute approximate surface area is 93.3 Å². The minimum Gasteiger partial charge on any atom is -0.506 e. The minimum atomic E-state index is -0.251. The molecule has 1 rings (SSSR count). The number of thiocarbonyl (C=S) groups is 1. The van der Waals surface area contributed by atoms with Crippen LogP contribution in [-0.4, -0.2) is 16.1 Å². The highest BCUT2D eigenvalue weighted by atomic mass is 32.1. The van der Waals surface area contributed by atoms with Gasteiger partial charge in [-0.1, -0.05) is 6.07 Å². The zero-order valence-electron chi connectivity index (χ0n) is 8.50. The van der Waals surface area contributed by atoms with Crippen LogP contribution in [0.3, 0.4) is 0 Å². The summed E-state index contributed by atoms with van der Waals surface area (Å²) in [5, 5.41) is 14.8. The maximum Gasteiger partial charge on any atom is 0.222 e. The number of benzene rings is 1. The second-order valence-corrected chi connectivity index (χ2v) is 3.56. The lowest BCUT2D eigenvalue weighted by atomic mass is 10.2. The zero-order chi connectivity index (χ0) is 11.4. The van der Waals surface area contributed by atoms with Crippen LogP contribution >= 0.6 is 12.2 Å². The summed E-state index contributed by atoms with van der Waals surface area (Å²) in [5.41, 5.74) is 1.42. The number of aryl methyl sites for hydroxylation is 1. The van der Waals surface area contributed by atoms with E-state index in [1.54, 1.807) is 12.1 Å². The first-order chi connectivity index (χ1) is 6.99. The Morgan fingerprint density at radius 3 is 2.67 bits per heavy atom. The molecule has 80 valence electrons. The van der Waals surface area contributed by atoms with Gasteiger partial charge in [-0.2, -0.15) is 0 Å². The van der Waals surface area contributed by atoms with Crippen molar-refractivity contribution in [2.24, 2.45) is 0 Å². The predicted molar refractivity (Wildman–Crippen MR) is 62.9 cm³/mol. The number of hydrogen-bond donors (Lipinski definition) is 3. The van der Waals surface area contributed by atoms with Crippen molar-refractivity contribution in [3.8, 4) is 5.75 Å². The largest absolute Gasteiger partial charge is 0.506 e. The molecule has 3 N–H and O–H groups in total. The van der Waals surface area contributed by atoms with Gasteiger partial charge in [-0.15, -0.1) is 0 Å². The van der Waals surface area contributed by atoms with Crippen molar-refractivity contribution in [2.45, 2.75) is 13.8 Å². The van der Waals surface area contributed by atoms with E-state index in [9.17, 15) is 9.90 Å². The number of anilines is 1. The number of amides is 1. The molecule has 0 atom stereocenters. The summed E-state index contributed by atoms with van der Waals surface area (Å²) in [7, 11) is 0. The van der Waals surface area contributed by atoms with E-state index in [4.69, 9.17) is 12.2 Å². The van der Waals surface area contributed by atoms with Gasteiger partial charge in [0.05, 0.1) is 5.69 Å². The molecule has 0 heterocycles. The first-order valence-electron chi connectivity index (χ1n) is 4.37. The van der Waals surface area contributed by atoms with Gasteiger partial charge < -0.3 is 15.7 Å². The molecule has 0 aliphatic carbocycles. The average molecular weight is 224 g/mol. The van der Waals surface area contributed by atoms with E-state index >= 15 is 0 Å². The van der Waals surface area contributed by atoms with Crippen molar-refractivity contribution in [2.75, 3.05) is 5.32 Å². The normalized spacial score (nSPS) is 9.47. The Kier molecular flexibility index (Phi) is 3.62. The lowest BCUT2D eigenvalue weighted by Crippen LogP contribution is -2.32. The van der Waals surface area contributed by atoms with Gasteiger partial charge in [-0.25, -0.2) is 0 Å². The quantitative estimate of drug-likeness (QED) is 0.500. The van der Waals surface area contributed by atoms with Crippen molar-refractivity contribution >= 4 is 28.9 Å². The molecular formula is C10H12N2O2S. The van der Waals surface area contributed by atoms with Crippen LogP contribution in [0.25, 0.3) is 0 Å². The summed E-state index contributed by atoms with van der Waals surface area (Å²) in [6.07, 6.45) is 0. The molecule has 0 saturated heterocycles. The van der Waals surface area contributed by atoms with Gasteiger partial charge in [0, 0.05) is 6.92 Å². The molecule has 0 radical (unpaired) electrons. The summed E-state index contributed by atoms with van der Waals surface area (Å²) < 4.78 is 0. The molecule has 0 aromatic heterocycles. The summed E-state index contributed by atoms with van der Waals surface area (Å²) in [6, 6.07) is 5.13. The van der Waals surface area contributed by atoms with Gasteiger partial charge >= 0.3 is 0 Å². The molecule has 4 nitrogen and oxygen atoms in total. The Balaban J connectivity index is 2.72. The Morgan fingerprint density at radius 2 is 2.13 bits per heavy atom. The van der Waals surface area contributed by atoms with Crippen LogP contribution in [-0.2, 0) is 4.79 Å². The first kappa shape index (κ1) is 11.5. The molecule has 0 saturated carbocycles. The van der Waals surface area contributed by atoms with Gasteiger partial charge in [0.2, 0.25) is 5.91 Å². The Bertz CT molecular complexity index is 404. The van der Waals surface area contributed by atoms with Crippen molar-refractivity contribution in [1.82, 2.24) is 5.32 Å². The van der Waals surface area contributed by atoms with E-state index in [1.807, 2.05) is 13.0 Å². The summed E-state index contributed by atoms with van der Waals surface area (Å²) in [5.74, 6) is -0.151. The predicted octanol–water partition coefficient (Wildman–Crippen LogP) is 1.53. The van der Waals surface area contributed by atoms with Crippen LogP contribution in [0.15, 0.2) is 18.2 Å². The number of rotatable bonds is 1. The molecule has 0 unspecified atom stereocenters. The van der Waals surface area contributed by atoms with Crippen molar-refractivity contribution in [3.63, 3.8) is 0 Å². The van der Waals surface area contributed by atoms with E-state index in [1.165, 1.54) is 6.92 Å². The fourth-order valence-corrected chi connectivity index (χ4v) is 1.31. The maximum atomic E-state index is 10.7. The third-order valence-electron chi connectivity index (χ3n) is 1.69. The van der Waals surface area contributed by atoms with Crippen LogP contribution in [0, 0.1) is 6.92 Å². The zero-order valence-corrected chi connectivity index (χ0v) is 9.31. The van der Waals surface area contributed by atoms with Crippen molar-refractivity contribution < 1.29 is 9.90 Å². The summed E-state index contributed by atoms with van der Waals surface area (Å²) in [4.78, 5) is 10.7. The third-order valence-corrected chi connectivity index (χ3v) is 1.90. The molecular weight excluding hydrogens is 212 g/mol. The molecule has 0 aliphatic rings. The topological polar surface area (TPSA) is 61.4 Å². The second kappa shape index (κ2) is 4.75. The van der Waals surface area contributed by atoms with Crippen LogP contribution in [0.1, 0.15) is 12.5 Å². The average Bonchev–Trinajstić information content (AvgIpc) is 2.08. The third kappa shape index (κ3) is 3.55. The Hall–Kier alpha value is -1.62. The van der Waals surface area contributed by atoms with Gasteiger partial charge in [0.15, 0.2) is 5.11 Å². The number of hydrogen-bond acceptors (Lipinski definition) is 3. The highest BCUT2D eigenvalue weighted by Crippen LogP contribution is 2.23. The SMILES string of the molecule is CC(=O)NC(=S)Nc1ccc(C)cc1O. The molecule has 0 spiro atoms.